The molecule has 9 heteroatoms. The summed E-state index contributed by atoms with van der Waals surface area (Å²) in [5.41, 5.74) is 4.02. The van der Waals surface area contributed by atoms with E-state index in [0.29, 0.717) is 17.5 Å². The fourth-order valence-electron chi connectivity index (χ4n) is 3.45. The molecular weight excluding hydrogens is 361 g/mol. The summed E-state index contributed by atoms with van der Waals surface area (Å²) >= 11 is 0. The molecule has 5 heterocycles. The molecule has 0 saturated carbocycles. The van der Waals surface area contributed by atoms with Crippen molar-refractivity contribution in [1.29, 1.82) is 0 Å². The Morgan fingerprint density at radius 1 is 1.25 bits per heavy atom. The predicted molar refractivity (Wildman–Crippen MR) is 103 cm³/mol. The van der Waals surface area contributed by atoms with Crippen LogP contribution in [0.1, 0.15) is 5.82 Å². The molecule has 1 fully saturated rings. The summed E-state index contributed by atoms with van der Waals surface area (Å²) in [7, 11) is 0. The van der Waals surface area contributed by atoms with Crippen LogP contribution < -0.4 is 5.32 Å². The number of alkyl halides is 1. The summed E-state index contributed by atoms with van der Waals surface area (Å²) in [6.45, 7) is 4.03. The number of anilines is 1. The van der Waals surface area contributed by atoms with Crippen molar-refractivity contribution in [3.63, 3.8) is 0 Å². The zero-order valence-electron chi connectivity index (χ0n) is 15.5. The van der Waals surface area contributed by atoms with E-state index in [-0.39, 0.29) is 6.54 Å². The van der Waals surface area contributed by atoms with Gasteiger partial charge in [-0.2, -0.15) is 0 Å². The highest BCUT2D eigenvalue weighted by molar-refractivity contribution is 5.82. The van der Waals surface area contributed by atoms with Crippen LogP contribution in [0.4, 0.5) is 10.3 Å². The van der Waals surface area contributed by atoms with Gasteiger partial charge in [0.2, 0.25) is 5.95 Å². The lowest BCUT2D eigenvalue weighted by Crippen LogP contribution is -2.33. The van der Waals surface area contributed by atoms with E-state index in [4.69, 9.17) is 9.72 Å². The smallest absolute Gasteiger partial charge is 0.241 e. The Morgan fingerprint density at radius 2 is 2.14 bits per heavy atom. The van der Waals surface area contributed by atoms with Crippen molar-refractivity contribution >= 4 is 22.6 Å². The first-order valence-corrected chi connectivity index (χ1v) is 9.29. The lowest BCUT2D eigenvalue weighted by atomic mass is 10.1. The average molecular weight is 381 g/mol. The zero-order chi connectivity index (χ0) is 19.1. The third-order valence-corrected chi connectivity index (χ3v) is 5.04. The van der Waals surface area contributed by atoms with Crippen LogP contribution in [0.3, 0.4) is 0 Å². The van der Waals surface area contributed by atoms with E-state index in [1.165, 1.54) is 0 Å². The van der Waals surface area contributed by atoms with Crippen molar-refractivity contribution in [2.24, 2.45) is 5.92 Å². The molecule has 0 amide bonds. The molecule has 144 valence electrons. The molecule has 8 nitrogen and oxygen atoms in total. The van der Waals surface area contributed by atoms with Gasteiger partial charge < -0.3 is 14.6 Å². The maximum Gasteiger partial charge on any atom is 0.241 e. The number of imidazole rings is 1. The minimum absolute atomic E-state index is 0.249. The number of halogens is 1. The first kappa shape index (κ1) is 17.1. The molecule has 0 aliphatic carbocycles. The van der Waals surface area contributed by atoms with E-state index < -0.39 is 6.67 Å². The second-order valence-electron chi connectivity index (χ2n) is 6.96. The first-order valence-electron chi connectivity index (χ1n) is 9.29. The summed E-state index contributed by atoms with van der Waals surface area (Å²) in [6, 6.07) is 5.80. The van der Waals surface area contributed by atoms with Crippen LogP contribution in [0.5, 0.6) is 0 Å². The summed E-state index contributed by atoms with van der Waals surface area (Å²) in [5, 5.41) is 7.77. The molecular formula is C19H20FN7O. The Kier molecular flexibility index (Phi) is 4.16. The summed E-state index contributed by atoms with van der Waals surface area (Å²) in [6.07, 6.45) is 3.68. The van der Waals surface area contributed by atoms with Crippen molar-refractivity contribution in [3.8, 4) is 11.3 Å². The maximum absolute atomic E-state index is 12.9. The monoisotopic (exact) mass is 381 g/mol. The molecule has 1 N–H and O–H groups in total. The molecule has 4 aromatic heterocycles. The highest BCUT2D eigenvalue weighted by Gasteiger charge is 2.18. The number of ether oxygens (including phenoxy) is 1. The molecule has 0 bridgehead atoms. The van der Waals surface area contributed by atoms with Crippen LogP contribution in [0.2, 0.25) is 0 Å². The van der Waals surface area contributed by atoms with Gasteiger partial charge in [0.05, 0.1) is 37.2 Å². The molecule has 0 unspecified atom stereocenters. The minimum atomic E-state index is -0.454. The van der Waals surface area contributed by atoms with Crippen molar-refractivity contribution in [2.45, 2.75) is 13.5 Å². The topological polar surface area (TPSA) is 82.2 Å². The molecule has 1 saturated heterocycles. The average Bonchev–Trinajstić information content (AvgIpc) is 3.21. The summed E-state index contributed by atoms with van der Waals surface area (Å²) < 4.78 is 21.7. The van der Waals surface area contributed by atoms with E-state index in [0.717, 1.165) is 47.9 Å². The van der Waals surface area contributed by atoms with Crippen LogP contribution in [-0.4, -0.2) is 55.6 Å². The van der Waals surface area contributed by atoms with Crippen LogP contribution in [0.25, 0.3) is 27.9 Å². The number of aryl methyl sites for hydroxylation is 2. The number of nitrogens with one attached hydrogen (secondary N) is 1. The van der Waals surface area contributed by atoms with E-state index in [1.54, 1.807) is 15.3 Å². The Morgan fingerprint density at radius 3 is 2.93 bits per heavy atom. The number of hydrogen-bond acceptors (Lipinski definition) is 6. The molecule has 4 aromatic rings. The molecule has 28 heavy (non-hydrogen) atoms. The van der Waals surface area contributed by atoms with Gasteiger partial charge in [-0.15, -0.1) is 5.10 Å². The maximum atomic E-state index is 12.9. The van der Waals surface area contributed by atoms with Gasteiger partial charge in [0.25, 0.3) is 0 Å². The first-order chi connectivity index (χ1) is 13.7. The van der Waals surface area contributed by atoms with E-state index >= 15 is 0 Å². The number of aromatic nitrogens is 6. The Bertz CT molecular complexity index is 1150. The predicted octanol–water partition coefficient (Wildman–Crippen LogP) is 2.48. The van der Waals surface area contributed by atoms with Gasteiger partial charge >= 0.3 is 0 Å². The van der Waals surface area contributed by atoms with Crippen molar-refractivity contribution in [1.82, 2.24) is 29.1 Å². The molecule has 1 aliphatic heterocycles. The van der Waals surface area contributed by atoms with E-state index in [9.17, 15) is 4.39 Å². The van der Waals surface area contributed by atoms with Crippen LogP contribution in [-0.2, 0) is 11.3 Å². The summed E-state index contributed by atoms with van der Waals surface area (Å²) in [5.74, 6) is 1.87. The minimum Gasteiger partial charge on any atom is -0.381 e. The van der Waals surface area contributed by atoms with Crippen LogP contribution in [0, 0.1) is 12.8 Å². The van der Waals surface area contributed by atoms with Gasteiger partial charge in [-0.3, -0.25) is 0 Å². The summed E-state index contributed by atoms with van der Waals surface area (Å²) in [4.78, 5) is 13.6. The molecule has 0 radical (unpaired) electrons. The molecule has 1 aliphatic rings. The highest BCUT2D eigenvalue weighted by Crippen LogP contribution is 2.26. The van der Waals surface area contributed by atoms with E-state index in [1.807, 2.05) is 31.3 Å². The van der Waals surface area contributed by atoms with Gasteiger partial charge in [-0.1, -0.05) is 0 Å². The highest BCUT2D eigenvalue weighted by atomic mass is 19.1. The second-order valence-corrected chi connectivity index (χ2v) is 6.96. The number of pyridine rings is 1. The number of rotatable bonds is 6. The number of hydrogen-bond donors (Lipinski definition) is 1. The van der Waals surface area contributed by atoms with E-state index in [2.05, 4.69) is 20.4 Å². The van der Waals surface area contributed by atoms with Crippen molar-refractivity contribution in [2.75, 3.05) is 31.7 Å². The third kappa shape index (κ3) is 2.88. The van der Waals surface area contributed by atoms with Gasteiger partial charge in [0, 0.05) is 24.2 Å². The van der Waals surface area contributed by atoms with Crippen LogP contribution in [0.15, 0.2) is 30.6 Å². The van der Waals surface area contributed by atoms with Gasteiger partial charge in [0.1, 0.15) is 18.0 Å². The third-order valence-electron chi connectivity index (χ3n) is 5.04. The van der Waals surface area contributed by atoms with Crippen LogP contribution >= 0.6 is 0 Å². The number of fused-ring (bicyclic) bond motifs is 2. The number of nitrogens with zero attached hydrogens (tertiary/aromatic N) is 6. The Hall–Kier alpha value is -3.07. The Balaban J connectivity index is 1.49. The fourth-order valence-corrected chi connectivity index (χ4v) is 3.45. The SMILES string of the molecule is Cc1nc2ccc(-c3ccn4nc(NCC5COC5)ncc34)nc2n1CCF. The molecule has 0 aromatic carbocycles. The fraction of sp³-hybridized carbons (Fsp3) is 0.368. The van der Waals surface area contributed by atoms with Gasteiger partial charge in [-0.05, 0) is 25.1 Å². The molecule has 0 atom stereocenters. The second kappa shape index (κ2) is 6.83. The molecule has 5 rings (SSSR count). The van der Waals surface area contributed by atoms with Crippen molar-refractivity contribution < 1.29 is 9.13 Å². The lowest BCUT2D eigenvalue weighted by molar-refractivity contribution is -0.0249. The van der Waals surface area contributed by atoms with Gasteiger partial charge in [0.15, 0.2) is 5.65 Å². The zero-order valence-corrected chi connectivity index (χ0v) is 15.5. The van der Waals surface area contributed by atoms with Crippen molar-refractivity contribution in [3.05, 3.63) is 36.4 Å². The normalized spacial score (nSPS) is 14.6. The quantitative estimate of drug-likeness (QED) is 0.553. The molecule has 0 spiro atoms. The largest absolute Gasteiger partial charge is 0.381 e. The standard InChI is InChI=1S/C19H20FN7O/c1-12-23-16-3-2-15(24-18(16)26(12)7-5-20)14-4-6-27-17(14)9-22-19(25-27)21-8-13-10-28-11-13/h2-4,6,9,13H,5,7-8,10-11H2,1H3,(H,21,25). The van der Waals surface area contributed by atoms with Gasteiger partial charge in [-0.25, -0.2) is 23.9 Å². The Labute approximate surface area is 160 Å². The lowest BCUT2D eigenvalue weighted by Gasteiger charge is -2.25.